The molecular weight excluding hydrogens is 278 g/mol. The molecule has 0 aliphatic rings. The number of amides is 1. The van der Waals surface area contributed by atoms with Crippen LogP contribution < -0.4 is 10.2 Å². The van der Waals surface area contributed by atoms with Crippen LogP contribution in [0.25, 0.3) is 0 Å². The Morgan fingerprint density at radius 2 is 1.70 bits per heavy atom. The fraction of sp³-hybridized carbons (Fsp3) is 0.500. The second-order valence-corrected chi connectivity index (χ2v) is 4.41. The molecule has 0 fully saturated rings. The molecule has 1 aromatic rings. The van der Waals surface area contributed by atoms with E-state index in [9.17, 15) is 22.4 Å². The summed E-state index contributed by atoms with van der Waals surface area (Å²) < 4.78 is 53.2. The number of hydrogen-bond donors (Lipinski definition) is 1. The fourth-order valence-corrected chi connectivity index (χ4v) is 1.64. The van der Waals surface area contributed by atoms with E-state index in [1.165, 1.54) is 6.92 Å². The molecule has 0 bridgehead atoms. The Morgan fingerprint density at radius 3 is 2.10 bits per heavy atom. The van der Waals surface area contributed by atoms with Gasteiger partial charge in [0.15, 0.2) is 0 Å². The third kappa shape index (κ3) is 3.58. The molecule has 8 heteroatoms. The molecule has 0 radical (unpaired) electrons. The first kappa shape index (κ1) is 16.2. The molecule has 112 valence electrons. The molecule has 4 nitrogen and oxygen atoms in total. The molecule has 0 unspecified atom stereocenters. The first-order valence-electron chi connectivity index (χ1n) is 6.02. The van der Waals surface area contributed by atoms with Crippen molar-refractivity contribution in [3.05, 3.63) is 23.5 Å². The van der Waals surface area contributed by atoms with Crippen molar-refractivity contribution in [2.24, 2.45) is 0 Å². The number of pyridine rings is 1. The summed E-state index contributed by atoms with van der Waals surface area (Å²) in [6, 6.07) is -0.165. The van der Waals surface area contributed by atoms with Gasteiger partial charge in [0, 0.05) is 12.6 Å². The Morgan fingerprint density at radius 1 is 1.20 bits per heavy atom. The third-order valence-electron chi connectivity index (χ3n) is 2.46. The fourth-order valence-electron chi connectivity index (χ4n) is 1.64. The van der Waals surface area contributed by atoms with Gasteiger partial charge in [-0.25, -0.2) is 0 Å². The number of nitrogens with one attached hydrogen (secondary N) is 1. The summed E-state index contributed by atoms with van der Waals surface area (Å²) in [7, 11) is 0. The number of carbonyl (C=O) groups is 1. The van der Waals surface area contributed by atoms with E-state index < -0.39 is 41.7 Å². The van der Waals surface area contributed by atoms with Gasteiger partial charge in [-0.2, -0.15) is 22.5 Å². The van der Waals surface area contributed by atoms with Gasteiger partial charge < -0.3 is 10.2 Å². The van der Waals surface area contributed by atoms with Gasteiger partial charge in [-0.05, 0) is 20.8 Å². The molecule has 20 heavy (non-hydrogen) atoms. The lowest BCUT2D eigenvalue weighted by Gasteiger charge is -2.24. The number of halogens is 4. The highest BCUT2D eigenvalue weighted by molar-refractivity contribution is 5.81. The van der Waals surface area contributed by atoms with Crippen LogP contribution in [0.3, 0.4) is 0 Å². The van der Waals surface area contributed by atoms with Crippen molar-refractivity contribution in [2.75, 3.05) is 18.0 Å². The Labute approximate surface area is 113 Å². The maximum Gasteiger partial charge on any atom is 0.253 e. The highest BCUT2D eigenvalue weighted by Crippen LogP contribution is 2.25. The molecule has 0 saturated heterocycles. The SMILES string of the molecule is CCN(CC(=O)NC(C)C)c1c(F)c(F)nc(F)c1F. The highest BCUT2D eigenvalue weighted by atomic mass is 19.2. The van der Waals surface area contributed by atoms with Gasteiger partial charge >= 0.3 is 0 Å². The van der Waals surface area contributed by atoms with Crippen LogP contribution in [0.4, 0.5) is 23.2 Å². The van der Waals surface area contributed by atoms with Gasteiger partial charge in [0.2, 0.25) is 17.5 Å². The summed E-state index contributed by atoms with van der Waals surface area (Å²) in [6.07, 6.45) is 0. The number of nitrogens with zero attached hydrogens (tertiary/aromatic N) is 2. The first-order valence-corrected chi connectivity index (χ1v) is 6.02. The van der Waals surface area contributed by atoms with Gasteiger partial charge in [0.05, 0.1) is 6.54 Å². The quantitative estimate of drug-likeness (QED) is 0.667. The van der Waals surface area contributed by atoms with Crippen LogP contribution in [0, 0.1) is 23.5 Å². The van der Waals surface area contributed by atoms with Crippen molar-refractivity contribution in [3.63, 3.8) is 0 Å². The number of anilines is 1. The second-order valence-electron chi connectivity index (χ2n) is 4.41. The maximum atomic E-state index is 13.6. The molecule has 1 rings (SSSR count). The molecule has 0 spiro atoms. The van der Waals surface area contributed by atoms with E-state index in [-0.39, 0.29) is 12.6 Å². The van der Waals surface area contributed by atoms with Crippen molar-refractivity contribution in [3.8, 4) is 0 Å². The largest absolute Gasteiger partial charge is 0.357 e. The molecule has 0 saturated carbocycles. The van der Waals surface area contributed by atoms with Crippen molar-refractivity contribution >= 4 is 11.6 Å². The number of carbonyl (C=O) groups excluding carboxylic acids is 1. The molecule has 1 aromatic heterocycles. The van der Waals surface area contributed by atoms with Crippen LogP contribution >= 0.6 is 0 Å². The Bertz CT molecular complexity index is 482. The first-order chi connectivity index (χ1) is 9.27. The third-order valence-corrected chi connectivity index (χ3v) is 2.46. The zero-order chi connectivity index (χ0) is 15.4. The summed E-state index contributed by atoms with van der Waals surface area (Å²) in [5.41, 5.74) is -0.934. The highest BCUT2D eigenvalue weighted by Gasteiger charge is 2.25. The molecule has 1 amide bonds. The monoisotopic (exact) mass is 293 g/mol. The van der Waals surface area contributed by atoms with Gasteiger partial charge in [-0.3, -0.25) is 4.79 Å². The van der Waals surface area contributed by atoms with Crippen molar-refractivity contribution in [2.45, 2.75) is 26.8 Å². The van der Waals surface area contributed by atoms with E-state index in [1.807, 2.05) is 0 Å². The summed E-state index contributed by atoms with van der Waals surface area (Å²) in [5, 5.41) is 2.52. The standard InChI is InChI=1S/C12H15F4N3O/c1-4-19(5-7(20)17-6(2)3)10-8(13)11(15)18-12(16)9(10)14/h6H,4-5H2,1-3H3,(H,17,20). The number of aromatic nitrogens is 1. The molecule has 1 N–H and O–H groups in total. The smallest absolute Gasteiger partial charge is 0.253 e. The normalized spacial score (nSPS) is 10.8. The minimum Gasteiger partial charge on any atom is -0.357 e. The topological polar surface area (TPSA) is 45.2 Å². The zero-order valence-electron chi connectivity index (χ0n) is 11.3. The molecule has 0 atom stereocenters. The van der Waals surface area contributed by atoms with Crippen LogP contribution in [-0.2, 0) is 4.79 Å². The lowest BCUT2D eigenvalue weighted by atomic mass is 10.3. The van der Waals surface area contributed by atoms with Crippen LogP contribution in [0.2, 0.25) is 0 Å². The van der Waals surface area contributed by atoms with Crippen LogP contribution in [0.5, 0.6) is 0 Å². The Balaban J connectivity index is 3.10. The summed E-state index contributed by atoms with van der Waals surface area (Å²) in [4.78, 5) is 15.0. The van der Waals surface area contributed by atoms with Gasteiger partial charge in [-0.1, -0.05) is 0 Å². The number of rotatable bonds is 5. The number of hydrogen-bond acceptors (Lipinski definition) is 3. The van der Waals surface area contributed by atoms with E-state index in [1.54, 1.807) is 13.8 Å². The van der Waals surface area contributed by atoms with E-state index >= 15 is 0 Å². The molecule has 0 aliphatic heterocycles. The average Bonchev–Trinajstić information content (AvgIpc) is 2.34. The maximum absolute atomic E-state index is 13.6. The van der Waals surface area contributed by atoms with Gasteiger partial charge in [0.1, 0.15) is 5.69 Å². The van der Waals surface area contributed by atoms with Crippen LogP contribution in [0.1, 0.15) is 20.8 Å². The molecule has 0 aliphatic carbocycles. The van der Waals surface area contributed by atoms with E-state index in [0.717, 1.165) is 4.90 Å². The molecular formula is C12H15F4N3O. The molecule has 0 aromatic carbocycles. The van der Waals surface area contributed by atoms with Gasteiger partial charge in [0.25, 0.3) is 11.9 Å². The predicted molar refractivity (Wildman–Crippen MR) is 65.2 cm³/mol. The Hall–Kier alpha value is -1.86. The van der Waals surface area contributed by atoms with E-state index in [2.05, 4.69) is 10.3 Å². The van der Waals surface area contributed by atoms with Crippen molar-refractivity contribution < 1.29 is 22.4 Å². The minimum atomic E-state index is -1.75. The Kier molecular flexibility index (Phi) is 5.29. The summed E-state index contributed by atoms with van der Waals surface area (Å²) in [5.74, 6) is -7.26. The van der Waals surface area contributed by atoms with Gasteiger partial charge in [-0.15, -0.1) is 0 Å². The second kappa shape index (κ2) is 6.53. The van der Waals surface area contributed by atoms with Crippen LogP contribution in [-0.4, -0.2) is 30.0 Å². The molecule has 1 heterocycles. The lowest BCUT2D eigenvalue weighted by Crippen LogP contribution is -2.41. The zero-order valence-corrected chi connectivity index (χ0v) is 11.3. The average molecular weight is 293 g/mol. The van der Waals surface area contributed by atoms with Crippen LogP contribution in [0.15, 0.2) is 0 Å². The summed E-state index contributed by atoms with van der Waals surface area (Å²) in [6.45, 7) is 4.48. The van der Waals surface area contributed by atoms with E-state index in [0.29, 0.717) is 0 Å². The predicted octanol–water partition coefficient (Wildman–Crippen LogP) is 1.99. The minimum absolute atomic E-state index is 0.0117. The van der Waals surface area contributed by atoms with E-state index in [4.69, 9.17) is 0 Å². The van der Waals surface area contributed by atoms with Crippen molar-refractivity contribution in [1.29, 1.82) is 0 Å². The number of likely N-dealkylation sites (N-methyl/N-ethyl adjacent to an activating group) is 1. The summed E-state index contributed by atoms with van der Waals surface area (Å²) >= 11 is 0. The lowest BCUT2D eigenvalue weighted by molar-refractivity contribution is -0.120. The van der Waals surface area contributed by atoms with Crippen molar-refractivity contribution in [1.82, 2.24) is 10.3 Å².